The summed E-state index contributed by atoms with van der Waals surface area (Å²) in [5, 5.41) is 0. The Balaban J connectivity index is 2.58. The molecule has 0 spiro atoms. The van der Waals surface area contributed by atoms with Gasteiger partial charge in [-0.2, -0.15) is 0 Å². The molecule has 0 unspecified atom stereocenters. The lowest BCUT2D eigenvalue weighted by Crippen LogP contribution is -2.03. The van der Waals surface area contributed by atoms with Crippen molar-refractivity contribution in [1.82, 2.24) is 0 Å². The highest BCUT2D eigenvalue weighted by Gasteiger charge is 2.20. The summed E-state index contributed by atoms with van der Waals surface area (Å²) in [6, 6.07) is 11.3. The van der Waals surface area contributed by atoms with Crippen molar-refractivity contribution in [3.8, 4) is 0 Å². The van der Waals surface area contributed by atoms with Crippen molar-refractivity contribution in [2.75, 3.05) is 0 Å². The summed E-state index contributed by atoms with van der Waals surface area (Å²) in [6.07, 6.45) is 0. The maximum absolute atomic E-state index is 12.4. The van der Waals surface area contributed by atoms with Crippen LogP contribution >= 0.6 is 10.7 Å². The van der Waals surface area contributed by atoms with Gasteiger partial charge in [-0.25, -0.2) is 16.8 Å². The summed E-state index contributed by atoms with van der Waals surface area (Å²) in [6.45, 7) is 1.84. The van der Waals surface area contributed by atoms with Crippen LogP contribution in [-0.4, -0.2) is 16.8 Å². The van der Waals surface area contributed by atoms with Gasteiger partial charge in [0.2, 0.25) is 9.84 Å². The number of hydrogen-bond donors (Lipinski definition) is 0. The highest BCUT2D eigenvalue weighted by molar-refractivity contribution is 8.13. The Morgan fingerprint density at radius 3 is 1.90 bits per heavy atom. The molecule has 0 aromatic heterocycles. The molecule has 0 fully saturated rings. The molecule has 2 rings (SSSR count). The van der Waals surface area contributed by atoms with E-state index in [0.29, 0.717) is 0 Å². The molecule has 0 N–H and O–H groups in total. The standard InChI is InChI=1S/C13H11ClO4S2/c1-10-5-7-11(8-6-10)19(15,16)12-3-2-4-13(9-12)20(14,17)18/h2-9H,1H3. The second-order valence-corrected chi connectivity index (χ2v) is 8.74. The van der Waals surface area contributed by atoms with Crippen LogP contribution in [0, 0.1) is 6.92 Å². The third-order valence-corrected chi connectivity index (χ3v) is 5.85. The normalized spacial score (nSPS) is 12.3. The van der Waals surface area contributed by atoms with Crippen molar-refractivity contribution >= 4 is 29.6 Å². The van der Waals surface area contributed by atoms with Gasteiger partial charge in [-0.05, 0) is 37.3 Å². The smallest absolute Gasteiger partial charge is 0.219 e. The molecule has 7 heteroatoms. The molecule has 0 atom stereocenters. The first kappa shape index (κ1) is 15.0. The van der Waals surface area contributed by atoms with Crippen molar-refractivity contribution in [3.63, 3.8) is 0 Å². The van der Waals surface area contributed by atoms with Gasteiger partial charge < -0.3 is 0 Å². The predicted molar refractivity (Wildman–Crippen MR) is 76.1 cm³/mol. The van der Waals surface area contributed by atoms with Gasteiger partial charge in [0.15, 0.2) is 0 Å². The zero-order chi connectivity index (χ0) is 15.0. The van der Waals surface area contributed by atoms with Gasteiger partial charge in [0, 0.05) is 10.7 Å². The first-order valence-corrected chi connectivity index (χ1v) is 9.37. The van der Waals surface area contributed by atoms with Crippen LogP contribution in [0.2, 0.25) is 0 Å². The fraction of sp³-hybridized carbons (Fsp3) is 0.0769. The maximum atomic E-state index is 12.4. The Bertz CT molecular complexity index is 838. The number of rotatable bonds is 3. The monoisotopic (exact) mass is 330 g/mol. The summed E-state index contributed by atoms with van der Waals surface area (Å²) in [5.74, 6) is 0. The zero-order valence-corrected chi connectivity index (χ0v) is 12.8. The summed E-state index contributed by atoms with van der Waals surface area (Å²) >= 11 is 0. The molecule has 0 aliphatic rings. The zero-order valence-electron chi connectivity index (χ0n) is 10.4. The third kappa shape index (κ3) is 3.03. The Morgan fingerprint density at radius 1 is 0.800 bits per heavy atom. The van der Waals surface area contributed by atoms with E-state index in [2.05, 4.69) is 0 Å². The highest BCUT2D eigenvalue weighted by atomic mass is 35.7. The van der Waals surface area contributed by atoms with Crippen molar-refractivity contribution in [2.24, 2.45) is 0 Å². The van der Waals surface area contributed by atoms with E-state index in [1.807, 2.05) is 6.92 Å². The minimum Gasteiger partial charge on any atom is -0.219 e. The molecule has 0 aliphatic carbocycles. The van der Waals surface area contributed by atoms with Crippen LogP contribution in [-0.2, 0) is 18.9 Å². The van der Waals surface area contributed by atoms with Gasteiger partial charge in [0.1, 0.15) is 0 Å². The molecule has 0 radical (unpaired) electrons. The van der Waals surface area contributed by atoms with Gasteiger partial charge in [0.05, 0.1) is 14.7 Å². The molecule has 4 nitrogen and oxygen atoms in total. The molecular weight excluding hydrogens is 320 g/mol. The van der Waals surface area contributed by atoms with E-state index < -0.39 is 18.9 Å². The molecule has 20 heavy (non-hydrogen) atoms. The quantitative estimate of drug-likeness (QED) is 0.811. The number of benzene rings is 2. The van der Waals surface area contributed by atoms with E-state index in [0.717, 1.165) is 11.6 Å². The van der Waals surface area contributed by atoms with Crippen LogP contribution in [0.4, 0.5) is 0 Å². The molecule has 2 aromatic carbocycles. The van der Waals surface area contributed by atoms with Crippen LogP contribution in [0.15, 0.2) is 63.2 Å². The minimum absolute atomic E-state index is 0.104. The maximum Gasteiger partial charge on any atom is 0.261 e. The van der Waals surface area contributed by atoms with Crippen LogP contribution in [0.5, 0.6) is 0 Å². The molecule has 0 bridgehead atoms. The minimum atomic E-state index is -3.97. The van der Waals surface area contributed by atoms with Crippen LogP contribution < -0.4 is 0 Å². The van der Waals surface area contributed by atoms with Gasteiger partial charge in [-0.1, -0.05) is 23.8 Å². The van der Waals surface area contributed by atoms with Crippen LogP contribution in [0.1, 0.15) is 5.56 Å². The van der Waals surface area contributed by atoms with E-state index in [1.165, 1.54) is 30.3 Å². The van der Waals surface area contributed by atoms with E-state index in [9.17, 15) is 16.8 Å². The van der Waals surface area contributed by atoms with Crippen molar-refractivity contribution in [3.05, 3.63) is 54.1 Å². The first-order valence-electron chi connectivity index (χ1n) is 5.58. The van der Waals surface area contributed by atoms with E-state index >= 15 is 0 Å². The van der Waals surface area contributed by atoms with Crippen molar-refractivity contribution < 1.29 is 16.8 Å². The SMILES string of the molecule is Cc1ccc(S(=O)(=O)c2cccc(S(=O)(=O)Cl)c2)cc1. The molecule has 0 saturated heterocycles. The molecule has 0 amide bonds. The lowest BCUT2D eigenvalue weighted by molar-refractivity contribution is 0.595. The third-order valence-electron chi connectivity index (χ3n) is 2.73. The van der Waals surface area contributed by atoms with Crippen molar-refractivity contribution in [2.45, 2.75) is 21.6 Å². The van der Waals surface area contributed by atoms with E-state index in [-0.39, 0.29) is 14.7 Å². The van der Waals surface area contributed by atoms with Crippen LogP contribution in [0.25, 0.3) is 0 Å². The van der Waals surface area contributed by atoms with E-state index in [1.54, 1.807) is 12.1 Å². The molecule has 106 valence electrons. The molecule has 0 aliphatic heterocycles. The highest BCUT2D eigenvalue weighted by Crippen LogP contribution is 2.24. The molecule has 0 saturated carbocycles. The Hall–Kier alpha value is -1.37. The van der Waals surface area contributed by atoms with Gasteiger partial charge in [-0.15, -0.1) is 0 Å². The van der Waals surface area contributed by atoms with Crippen molar-refractivity contribution in [1.29, 1.82) is 0 Å². The van der Waals surface area contributed by atoms with Gasteiger partial charge in [0.25, 0.3) is 9.05 Å². The first-order chi connectivity index (χ1) is 9.21. The number of halogens is 1. The lowest BCUT2D eigenvalue weighted by Gasteiger charge is -2.06. The molecule has 2 aromatic rings. The second kappa shape index (κ2) is 5.20. The van der Waals surface area contributed by atoms with E-state index in [4.69, 9.17) is 10.7 Å². The lowest BCUT2D eigenvalue weighted by atomic mass is 10.2. The molecule has 0 heterocycles. The number of sulfone groups is 1. The number of aryl methyl sites for hydroxylation is 1. The fourth-order valence-electron chi connectivity index (χ4n) is 1.65. The average molecular weight is 331 g/mol. The Morgan fingerprint density at radius 2 is 1.35 bits per heavy atom. The Kier molecular flexibility index (Phi) is 3.90. The summed E-state index contributed by atoms with van der Waals surface area (Å²) in [4.78, 5) is -0.248. The van der Waals surface area contributed by atoms with Crippen LogP contribution in [0.3, 0.4) is 0 Å². The topological polar surface area (TPSA) is 68.3 Å². The summed E-state index contributed by atoms with van der Waals surface area (Å²) in [7, 11) is -2.50. The fourth-order valence-corrected chi connectivity index (χ4v) is 3.82. The second-order valence-electron chi connectivity index (χ2n) is 4.23. The Labute approximate surface area is 122 Å². The summed E-state index contributed by atoms with van der Waals surface area (Å²) in [5.41, 5.74) is 0.932. The predicted octanol–water partition coefficient (Wildman–Crippen LogP) is 2.76. The van der Waals surface area contributed by atoms with Gasteiger partial charge >= 0.3 is 0 Å². The largest absolute Gasteiger partial charge is 0.261 e. The average Bonchev–Trinajstić information content (AvgIpc) is 2.38. The molecular formula is C13H11ClO4S2. The summed E-state index contributed by atoms with van der Waals surface area (Å²) < 4.78 is 47.3. The number of hydrogen-bond acceptors (Lipinski definition) is 4. The van der Waals surface area contributed by atoms with Gasteiger partial charge in [-0.3, -0.25) is 0 Å².